The number of aliphatic hydroxyl groups excluding tert-OH is 1. The van der Waals surface area contributed by atoms with Gasteiger partial charge in [0.05, 0.1) is 0 Å². The second kappa shape index (κ2) is 9.30. The van der Waals surface area contributed by atoms with E-state index in [2.05, 4.69) is 10.6 Å². The zero-order valence-electron chi connectivity index (χ0n) is 14.4. The van der Waals surface area contributed by atoms with E-state index in [0.29, 0.717) is 12.0 Å². The van der Waals surface area contributed by atoms with Gasteiger partial charge in [-0.15, -0.1) is 0 Å². The second-order valence-electron chi connectivity index (χ2n) is 6.14. The Balaban J connectivity index is 2.80. The lowest BCUT2D eigenvalue weighted by molar-refractivity contribution is -0.124. The molecule has 0 bridgehead atoms. The van der Waals surface area contributed by atoms with Crippen LogP contribution in [0.3, 0.4) is 0 Å². The van der Waals surface area contributed by atoms with Gasteiger partial charge in [-0.1, -0.05) is 39.0 Å². The topological polar surface area (TPSA) is 78.4 Å². The van der Waals surface area contributed by atoms with E-state index < -0.39 is 6.04 Å². The van der Waals surface area contributed by atoms with Crippen molar-refractivity contribution >= 4 is 11.8 Å². The van der Waals surface area contributed by atoms with Gasteiger partial charge in [-0.25, -0.2) is 0 Å². The number of nitrogens with one attached hydrogen (secondary N) is 2. The normalized spacial score (nSPS) is 13.5. The molecular formula is C18H28N2O3. The van der Waals surface area contributed by atoms with Crippen LogP contribution in [0.4, 0.5) is 0 Å². The van der Waals surface area contributed by atoms with Gasteiger partial charge in [-0.05, 0) is 37.3 Å². The van der Waals surface area contributed by atoms with Crippen LogP contribution in [0.25, 0.3) is 0 Å². The van der Waals surface area contributed by atoms with Crippen LogP contribution in [0, 0.1) is 12.8 Å². The highest BCUT2D eigenvalue weighted by Gasteiger charge is 2.26. The summed E-state index contributed by atoms with van der Waals surface area (Å²) in [5, 5.41) is 14.8. The summed E-state index contributed by atoms with van der Waals surface area (Å²) in [7, 11) is 0. The smallest absolute Gasteiger partial charge is 0.252 e. The van der Waals surface area contributed by atoms with Crippen molar-refractivity contribution in [3.05, 3.63) is 35.4 Å². The minimum absolute atomic E-state index is 0.0285. The summed E-state index contributed by atoms with van der Waals surface area (Å²) in [6.45, 7) is 7.65. The fraction of sp³-hybridized carbons (Fsp3) is 0.556. The molecule has 0 aliphatic heterocycles. The molecule has 2 amide bonds. The van der Waals surface area contributed by atoms with Crippen molar-refractivity contribution in [2.45, 2.75) is 52.6 Å². The Kier molecular flexibility index (Phi) is 7.75. The SMILES string of the molecule is CCC(CCO)NC(=O)C(NC(=O)c1ccccc1C)C(C)C. The number of carbonyl (C=O) groups is 2. The van der Waals surface area contributed by atoms with Gasteiger partial charge >= 0.3 is 0 Å². The monoisotopic (exact) mass is 320 g/mol. The van der Waals surface area contributed by atoms with Crippen LogP contribution in [0.1, 0.15) is 49.5 Å². The highest BCUT2D eigenvalue weighted by molar-refractivity contribution is 5.98. The lowest BCUT2D eigenvalue weighted by Gasteiger charge is -2.25. The Labute approximate surface area is 138 Å². The van der Waals surface area contributed by atoms with E-state index in [0.717, 1.165) is 12.0 Å². The van der Waals surface area contributed by atoms with Gasteiger partial charge in [0.15, 0.2) is 0 Å². The van der Waals surface area contributed by atoms with Crippen molar-refractivity contribution in [3.63, 3.8) is 0 Å². The number of benzene rings is 1. The lowest BCUT2D eigenvalue weighted by atomic mass is 10.0. The van der Waals surface area contributed by atoms with E-state index in [4.69, 9.17) is 5.11 Å². The molecule has 1 rings (SSSR count). The van der Waals surface area contributed by atoms with Crippen LogP contribution in [-0.4, -0.2) is 35.6 Å². The van der Waals surface area contributed by atoms with Gasteiger partial charge in [0.25, 0.3) is 5.91 Å². The number of rotatable bonds is 8. The zero-order chi connectivity index (χ0) is 17.4. The molecular weight excluding hydrogens is 292 g/mol. The average Bonchev–Trinajstić information content (AvgIpc) is 2.51. The van der Waals surface area contributed by atoms with Gasteiger partial charge < -0.3 is 15.7 Å². The summed E-state index contributed by atoms with van der Waals surface area (Å²) in [4.78, 5) is 24.9. The summed E-state index contributed by atoms with van der Waals surface area (Å²) in [6, 6.07) is 6.62. The maximum absolute atomic E-state index is 12.5. The molecule has 0 saturated carbocycles. The highest BCUT2D eigenvalue weighted by Crippen LogP contribution is 2.10. The molecule has 0 aliphatic carbocycles. The number of aryl methyl sites for hydroxylation is 1. The fourth-order valence-corrected chi connectivity index (χ4v) is 2.41. The maximum atomic E-state index is 12.5. The standard InChI is InChI=1S/C18H28N2O3/c1-5-14(10-11-21)19-18(23)16(12(2)3)20-17(22)15-9-7-6-8-13(15)4/h6-9,12,14,16,21H,5,10-11H2,1-4H3,(H,19,23)(H,20,22). The Morgan fingerprint density at radius 1 is 1.17 bits per heavy atom. The molecule has 0 radical (unpaired) electrons. The van der Waals surface area contributed by atoms with Crippen LogP contribution < -0.4 is 10.6 Å². The molecule has 2 atom stereocenters. The van der Waals surface area contributed by atoms with Crippen LogP contribution in [0.2, 0.25) is 0 Å². The number of carbonyl (C=O) groups excluding carboxylic acids is 2. The Bertz CT molecular complexity index is 529. The van der Waals surface area contributed by atoms with Gasteiger partial charge in [-0.2, -0.15) is 0 Å². The molecule has 5 nitrogen and oxygen atoms in total. The molecule has 2 unspecified atom stereocenters. The fourth-order valence-electron chi connectivity index (χ4n) is 2.41. The van der Waals surface area contributed by atoms with Crippen LogP contribution in [0.5, 0.6) is 0 Å². The lowest BCUT2D eigenvalue weighted by Crippen LogP contribution is -2.52. The predicted octanol–water partition coefficient (Wildman–Crippen LogP) is 2.03. The molecule has 1 aromatic carbocycles. The van der Waals surface area contributed by atoms with Crippen LogP contribution >= 0.6 is 0 Å². The van der Waals surface area contributed by atoms with E-state index in [9.17, 15) is 9.59 Å². The highest BCUT2D eigenvalue weighted by atomic mass is 16.3. The Morgan fingerprint density at radius 2 is 1.83 bits per heavy atom. The van der Waals surface area contributed by atoms with Gasteiger partial charge in [0.2, 0.25) is 5.91 Å². The quantitative estimate of drug-likeness (QED) is 0.686. The van der Waals surface area contributed by atoms with E-state index in [-0.39, 0.29) is 30.4 Å². The first kappa shape index (κ1) is 19.2. The van der Waals surface area contributed by atoms with E-state index in [1.54, 1.807) is 12.1 Å². The summed E-state index contributed by atoms with van der Waals surface area (Å²) in [5.74, 6) is -0.482. The first-order chi connectivity index (χ1) is 10.9. The van der Waals surface area contributed by atoms with Crippen molar-refractivity contribution in [3.8, 4) is 0 Å². The Morgan fingerprint density at radius 3 is 2.35 bits per heavy atom. The number of amides is 2. The molecule has 0 fully saturated rings. The molecule has 0 spiro atoms. The summed E-state index contributed by atoms with van der Waals surface area (Å²) < 4.78 is 0. The molecule has 0 saturated heterocycles. The van der Waals surface area contributed by atoms with Crippen LogP contribution in [0.15, 0.2) is 24.3 Å². The third-order valence-corrected chi connectivity index (χ3v) is 3.94. The average molecular weight is 320 g/mol. The largest absolute Gasteiger partial charge is 0.396 e. The van der Waals surface area contributed by atoms with Crippen LogP contribution in [-0.2, 0) is 4.79 Å². The maximum Gasteiger partial charge on any atom is 0.252 e. The zero-order valence-corrected chi connectivity index (χ0v) is 14.4. The summed E-state index contributed by atoms with van der Waals surface area (Å²) in [5.41, 5.74) is 1.45. The third-order valence-electron chi connectivity index (χ3n) is 3.94. The molecule has 0 aromatic heterocycles. The summed E-state index contributed by atoms with van der Waals surface area (Å²) >= 11 is 0. The molecule has 1 aromatic rings. The van der Waals surface area contributed by atoms with E-state index in [1.165, 1.54) is 0 Å². The number of aliphatic hydroxyl groups is 1. The van der Waals surface area contributed by atoms with Crippen molar-refractivity contribution in [2.75, 3.05) is 6.61 Å². The summed E-state index contributed by atoms with van der Waals surface area (Å²) in [6.07, 6.45) is 1.25. The van der Waals surface area contributed by atoms with Crippen molar-refractivity contribution < 1.29 is 14.7 Å². The van der Waals surface area contributed by atoms with Gasteiger partial charge in [-0.3, -0.25) is 9.59 Å². The molecule has 23 heavy (non-hydrogen) atoms. The van der Waals surface area contributed by atoms with Gasteiger partial charge in [0, 0.05) is 18.2 Å². The minimum atomic E-state index is -0.602. The molecule has 128 valence electrons. The minimum Gasteiger partial charge on any atom is -0.396 e. The number of hydrogen-bond acceptors (Lipinski definition) is 3. The van der Waals surface area contributed by atoms with E-state index in [1.807, 2.05) is 39.8 Å². The number of hydrogen-bond donors (Lipinski definition) is 3. The first-order valence-corrected chi connectivity index (χ1v) is 8.18. The second-order valence-corrected chi connectivity index (χ2v) is 6.14. The molecule has 3 N–H and O–H groups in total. The van der Waals surface area contributed by atoms with Crippen molar-refractivity contribution in [1.29, 1.82) is 0 Å². The predicted molar refractivity (Wildman–Crippen MR) is 91.2 cm³/mol. The third kappa shape index (κ3) is 5.67. The molecule has 5 heteroatoms. The Hall–Kier alpha value is -1.88. The molecule has 0 heterocycles. The molecule has 0 aliphatic rings. The van der Waals surface area contributed by atoms with Crippen molar-refractivity contribution in [1.82, 2.24) is 10.6 Å². The van der Waals surface area contributed by atoms with Crippen molar-refractivity contribution in [2.24, 2.45) is 5.92 Å². The first-order valence-electron chi connectivity index (χ1n) is 8.18. The van der Waals surface area contributed by atoms with Gasteiger partial charge in [0.1, 0.15) is 6.04 Å². The van der Waals surface area contributed by atoms with E-state index >= 15 is 0 Å².